The lowest BCUT2D eigenvalue weighted by Gasteiger charge is -2.28. The Morgan fingerprint density at radius 1 is 1.53 bits per heavy atom. The van der Waals surface area contributed by atoms with Gasteiger partial charge in [-0.05, 0) is 18.8 Å². The summed E-state index contributed by atoms with van der Waals surface area (Å²) >= 11 is 1.30. The molecule has 1 aromatic rings. The van der Waals surface area contributed by atoms with E-state index in [1.165, 1.54) is 30.6 Å². The molecule has 5 nitrogen and oxygen atoms in total. The monoisotopic (exact) mass is 282 g/mol. The van der Waals surface area contributed by atoms with Crippen molar-refractivity contribution in [3.05, 3.63) is 4.88 Å². The van der Waals surface area contributed by atoms with Gasteiger partial charge in [-0.25, -0.2) is 4.98 Å². The standard InChI is InChI=1S/C13H22N4OS/c1-3-8-5-4-6-9(7-8)16-12(18)10-11(14)17-13(15-2)19-10/h8-9H,3-7,14H2,1-2H3,(H,15,17)(H,16,18). The van der Waals surface area contributed by atoms with Crippen molar-refractivity contribution in [1.82, 2.24) is 10.3 Å². The Morgan fingerprint density at radius 3 is 2.95 bits per heavy atom. The number of rotatable bonds is 4. The summed E-state index contributed by atoms with van der Waals surface area (Å²) in [5.41, 5.74) is 5.77. The lowest BCUT2D eigenvalue weighted by Crippen LogP contribution is -2.38. The third-order valence-corrected chi connectivity index (χ3v) is 4.86. The van der Waals surface area contributed by atoms with E-state index in [-0.39, 0.29) is 11.9 Å². The maximum Gasteiger partial charge on any atom is 0.265 e. The Morgan fingerprint density at radius 2 is 2.32 bits per heavy atom. The van der Waals surface area contributed by atoms with Gasteiger partial charge in [-0.2, -0.15) is 0 Å². The molecule has 2 atom stereocenters. The van der Waals surface area contributed by atoms with Crippen LogP contribution in [0.1, 0.15) is 48.7 Å². The van der Waals surface area contributed by atoms with Gasteiger partial charge >= 0.3 is 0 Å². The van der Waals surface area contributed by atoms with Crippen molar-refractivity contribution in [1.29, 1.82) is 0 Å². The van der Waals surface area contributed by atoms with E-state index in [4.69, 9.17) is 5.73 Å². The van der Waals surface area contributed by atoms with Crippen LogP contribution in [0.25, 0.3) is 0 Å². The highest BCUT2D eigenvalue weighted by Crippen LogP contribution is 2.28. The highest BCUT2D eigenvalue weighted by Gasteiger charge is 2.24. The predicted molar refractivity (Wildman–Crippen MR) is 79.6 cm³/mol. The molecule has 0 radical (unpaired) electrons. The van der Waals surface area contributed by atoms with Crippen LogP contribution in [0.3, 0.4) is 0 Å². The molecule has 19 heavy (non-hydrogen) atoms. The summed E-state index contributed by atoms with van der Waals surface area (Å²) in [6, 6.07) is 0.283. The second-order valence-corrected chi connectivity index (χ2v) is 6.09. The summed E-state index contributed by atoms with van der Waals surface area (Å²) in [4.78, 5) is 16.8. The molecule has 1 saturated carbocycles. The summed E-state index contributed by atoms with van der Waals surface area (Å²) < 4.78 is 0. The second-order valence-electron chi connectivity index (χ2n) is 5.09. The Labute approximate surface area is 118 Å². The molecule has 1 aliphatic rings. The van der Waals surface area contributed by atoms with Crippen LogP contribution in [0, 0.1) is 5.92 Å². The first-order chi connectivity index (χ1) is 9.13. The van der Waals surface area contributed by atoms with E-state index in [0.29, 0.717) is 15.8 Å². The lowest BCUT2D eigenvalue weighted by atomic mass is 9.84. The molecule has 0 saturated heterocycles. The summed E-state index contributed by atoms with van der Waals surface area (Å²) in [5, 5.41) is 6.69. The number of nitrogens with zero attached hydrogens (tertiary/aromatic N) is 1. The van der Waals surface area contributed by atoms with Crippen LogP contribution >= 0.6 is 11.3 Å². The van der Waals surface area contributed by atoms with Crippen molar-refractivity contribution in [3.8, 4) is 0 Å². The molecule has 1 amide bonds. The summed E-state index contributed by atoms with van der Waals surface area (Å²) in [5.74, 6) is 0.971. The van der Waals surface area contributed by atoms with E-state index >= 15 is 0 Å². The molecular weight excluding hydrogens is 260 g/mol. The van der Waals surface area contributed by atoms with E-state index in [1.54, 1.807) is 7.05 Å². The van der Waals surface area contributed by atoms with Crippen LogP contribution < -0.4 is 16.4 Å². The topological polar surface area (TPSA) is 80.0 Å². The third-order valence-electron chi connectivity index (χ3n) is 3.77. The molecule has 1 fully saturated rings. The van der Waals surface area contributed by atoms with E-state index < -0.39 is 0 Å². The first-order valence-corrected chi connectivity index (χ1v) is 7.70. The average Bonchev–Trinajstić information content (AvgIpc) is 2.80. The minimum atomic E-state index is -0.0850. The van der Waals surface area contributed by atoms with Gasteiger partial charge in [0.05, 0.1) is 0 Å². The van der Waals surface area contributed by atoms with Gasteiger partial charge in [0.15, 0.2) is 5.13 Å². The predicted octanol–water partition coefficient (Wildman–Crippen LogP) is 2.47. The molecule has 0 bridgehead atoms. The molecule has 106 valence electrons. The van der Waals surface area contributed by atoms with E-state index in [1.807, 2.05) is 0 Å². The zero-order valence-electron chi connectivity index (χ0n) is 11.5. The summed E-state index contributed by atoms with van der Waals surface area (Å²) in [6.45, 7) is 2.22. The maximum atomic E-state index is 12.2. The van der Waals surface area contributed by atoms with E-state index in [2.05, 4.69) is 22.5 Å². The fraction of sp³-hybridized carbons (Fsp3) is 0.692. The number of nitrogen functional groups attached to an aromatic ring is 1. The van der Waals surface area contributed by atoms with Crippen molar-refractivity contribution in [2.75, 3.05) is 18.1 Å². The highest BCUT2D eigenvalue weighted by molar-refractivity contribution is 7.18. The molecule has 0 spiro atoms. The van der Waals surface area contributed by atoms with Crippen molar-refractivity contribution >= 4 is 28.2 Å². The number of carbonyl (C=O) groups excluding carboxylic acids is 1. The SMILES string of the molecule is CCC1CCCC(NC(=O)c2sc(NC)nc2N)C1. The second kappa shape index (κ2) is 6.23. The molecule has 6 heteroatoms. The molecule has 4 N–H and O–H groups in total. The summed E-state index contributed by atoms with van der Waals surface area (Å²) in [7, 11) is 1.77. The Balaban J connectivity index is 1.98. The third kappa shape index (κ3) is 3.37. The smallest absolute Gasteiger partial charge is 0.265 e. The van der Waals surface area contributed by atoms with Crippen LogP contribution in [-0.2, 0) is 0 Å². The van der Waals surface area contributed by atoms with E-state index in [9.17, 15) is 4.79 Å². The van der Waals surface area contributed by atoms with Gasteiger partial charge in [0.1, 0.15) is 10.7 Å². The minimum absolute atomic E-state index is 0.0850. The minimum Gasteiger partial charge on any atom is -0.382 e. The number of anilines is 2. The zero-order chi connectivity index (χ0) is 13.8. The Hall–Kier alpha value is -1.30. The number of aromatic nitrogens is 1. The van der Waals surface area contributed by atoms with Crippen molar-refractivity contribution in [3.63, 3.8) is 0 Å². The maximum absolute atomic E-state index is 12.2. The van der Waals surface area contributed by atoms with Crippen molar-refractivity contribution in [2.45, 2.75) is 45.1 Å². The number of carbonyl (C=O) groups is 1. The van der Waals surface area contributed by atoms with Crippen LogP contribution in [0.15, 0.2) is 0 Å². The Bertz CT molecular complexity index is 446. The highest BCUT2D eigenvalue weighted by atomic mass is 32.1. The number of nitrogens with one attached hydrogen (secondary N) is 2. The number of hydrogen-bond acceptors (Lipinski definition) is 5. The van der Waals surface area contributed by atoms with Crippen molar-refractivity contribution in [2.24, 2.45) is 5.92 Å². The zero-order valence-corrected chi connectivity index (χ0v) is 12.3. The van der Waals surface area contributed by atoms with Gasteiger partial charge < -0.3 is 16.4 Å². The van der Waals surface area contributed by atoms with Crippen LogP contribution in [0.5, 0.6) is 0 Å². The largest absolute Gasteiger partial charge is 0.382 e. The molecule has 0 aliphatic heterocycles. The number of thiazole rings is 1. The molecule has 1 heterocycles. The van der Waals surface area contributed by atoms with Crippen LogP contribution in [-0.4, -0.2) is 24.0 Å². The molecule has 2 rings (SSSR count). The fourth-order valence-corrected chi connectivity index (χ4v) is 3.39. The Kier molecular flexibility index (Phi) is 4.63. The number of hydrogen-bond donors (Lipinski definition) is 3. The van der Waals surface area contributed by atoms with Gasteiger partial charge in [-0.3, -0.25) is 4.79 Å². The van der Waals surface area contributed by atoms with Gasteiger partial charge in [0, 0.05) is 13.1 Å². The normalized spacial score (nSPS) is 23.1. The first-order valence-electron chi connectivity index (χ1n) is 6.89. The van der Waals surface area contributed by atoms with Gasteiger partial charge in [-0.1, -0.05) is 37.5 Å². The molecular formula is C13H22N4OS. The van der Waals surface area contributed by atoms with Gasteiger partial charge in [0.25, 0.3) is 5.91 Å². The summed E-state index contributed by atoms with van der Waals surface area (Å²) in [6.07, 6.45) is 5.83. The quantitative estimate of drug-likeness (QED) is 0.792. The van der Waals surface area contributed by atoms with Crippen LogP contribution in [0.4, 0.5) is 10.9 Å². The number of amides is 1. The average molecular weight is 282 g/mol. The molecule has 2 unspecified atom stereocenters. The molecule has 0 aromatic carbocycles. The fourth-order valence-electron chi connectivity index (χ4n) is 2.65. The van der Waals surface area contributed by atoms with Gasteiger partial charge in [0.2, 0.25) is 0 Å². The number of nitrogens with two attached hydrogens (primary N) is 1. The molecule has 1 aliphatic carbocycles. The molecule has 1 aromatic heterocycles. The van der Waals surface area contributed by atoms with Gasteiger partial charge in [-0.15, -0.1) is 0 Å². The van der Waals surface area contributed by atoms with Crippen molar-refractivity contribution < 1.29 is 4.79 Å². The van der Waals surface area contributed by atoms with E-state index in [0.717, 1.165) is 18.8 Å². The van der Waals surface area contributed by atoms with Crippen LogP contribution in [0.2, 0.25) is 0 Å². The lowest BCUT2D eigenvalue weighted by molar-refractivity contribution is 0.0924. The first kappa shape index (κ1) is 14.1.